The Morgan fingerprint density at radius 2 is 2.38 bits per heavy atom. The van der Waals surface area contributed by atoms with E-state index >= 15 is 0 Å². The molecular weight excluding hydrogens is 242 g/mol. The SMILES string of the molecule is CC(C)c1ncc(CN2CC[C@@H](N)C2)s1.Cl. The summed E-state index contributed by atoms with van der Waals surface area (Å²) in [4.78, 5) is 8.22. The van der Waals surface area contributed by atoms with Crippen LogP contribution in [0.3, 0.4) is 0 Å². The molecule has 16 heavy (non-hydrogen) atoms. The van der Waals surface area contributed by atoms with E-state index in [2.05, 4.69) is 23.7 Å². The Kier molecular flexibility index (Phi) is 5.18. The maximum absolute atomic E-state index is 5.88. The number of aromatic nitrogens is 1. The van der Waals surface area contributed by atoms with Crippen molar-refractivity contribution in [2.45, 2.75) is 38.8 Å². The molecule has 5 heteroatoms. The molecule has 0 aromatic carbocycles. The highest BCUT2D eigenvalue weighted by atomic mass is 35.5. The molecule has 1 aliphatic rings. The summed E-state index contributed by atoms with van der Waals surface area (Å²) in [7, 11) is 0. The lowest BCUT2D eigenvalue weighted by Crippen LogP contribution is -2.25. The van der Waals surface area contributed by atoms with Crippen molar-refractivity contribution in [1.29, 1.82) is 0 Å². The van der Waals surface area contributed by atoms with Gasteiger partial charge in [-0.05, 0) is 6.42 Å². The number of rotatable bonds is 3. The third-order valence-electron chi connectivity index (χ3n) is 2.75. The highest BCUT2D eigenvalue weighted by Crippen LogP contribution is 2.23. The topological polar surface area (TPSA) is 42.2 Å². The molecule has 2 heterocycles. The lowest BCUT2D eigenvalue weighted by Gasteiger charge is -2.12. The van der Waals surface area contributed by atoms with Crippen LogP contribution in [0.1, 0.15) is 36.1 Å². The fourth-order valence-electron chi connectivity index (χ4n) is 1.89. The molecule has 1 fully saturated rings. The van der Waals surface area contributed by atoms with Crippen LogP contribution in [0.15, 0.2) is 6.20 Å². The highest BCUT2D eigenvalue weighted by Gasteiger charge is 2.19. The minimum atomic E-state index is 0. The molecule has 92 valence electrons. The largest absolute Gasteiger partial charge is 0.326 e. The van der Waals surface area contributed by atoms with Gasteiger partial charge in [0.25, 0.3) is 0 Å². The molecule has 3 nitrogen and oxygen atoms in total. The average Bonchev–Trinajstić information content (AvgIpc) is 2.76. The van der Waals surface area contributed by atoms with E-state index in [1.807, 2.05) is 17.5 Å². The normalized spacial score (nSPS) is 21.4. The number of thiazole rings is 1. The van der Waals surface area contributed by atoms with Gasteiger partial charge in [0.15, 0.2) is 0 Å². The molecule has 0 bridgehead atoms. The molecule has 1 aromatic heterocycles. The van der Waals surface area contributed by atoms with Crippen LogP contribution in [0.2, 0.25) is 0 Å². The fraction of sp³-hybridized carbons (Fsp3) is 0.727. The Hall–Kier alpha value is -0.160. The van der Waals surface area contributed by atoms with Gasteiger partial charge in [0.1, 0.15) is 0 Å². The van der Waals surface area contributed by atoms with Crippen LogP contribution >= 0.6 is 23.7 Å². The molecule has 0 aliphatic carbocycles. The Bertz CT molecular complexity index is 327. The maximum Gasteiger partial charge on any atom is 0.0953 e. The third kappa shape index (κ3) is 3.42. The molecule has 0 spiro atoms. The van der Waals surface area contributed by atoms with E-state index in [1.165, 1.54) is 9.88 Å². The predicted molar refractivity (Wildman–Crippen MR) is 71.3 cm³/mol. The fourth-order valence-corrected chi connectivity index (χ4v) is 2.85. The van der Waals surface area contributed by atoms with E-state index in [9.17, 15) is 0 Å². The van der Waals surface area contributed by atoms with Crippen molar-refractivity contribution in [3.05, 3.63) is 16.1 Å². The zero-order chi connectivity index (χ0) is 10.8. The number of likely N-dealkylation sites (tertiary alicyclic amines) is 1. The first-order valence-electron chi connectivity index (χ1n) is 5.57. The summed E-state index contributed by atoms with van der Waals surface area (Å²) in [6.07, 6.45) is 3.15. The van der Waals surface area contributed by atoms with E-state index in [1.54, 1.807) is 0 Å². The number of nitrogens with two attached hydrogens (primary N) is 1. The van der Waals surface area contributed by atoms with Crippen LogP contribution in [0.4, 0.5) is 0 Å². The van der Waals surface area contributed by atoms with Gasteiger partial charge >= 0.3 is 0 Å². The van der Waals surface area contributed by atoms with Crippen molar-refractivity contribution in [3.63, 3.8) is 0 Å². The number of hydrogen-bond donors (Lipinski definition) is 1. The second-order valence-corrected chi connectivity index (χ2v) is 5.75. The third-order valence-corrected chi connectivity index (χ3v) is 4.04. The number of hydrogen-bond acceptors (Lipinski definition) is 4. The molecule has 1 aliphatic heterocycles. The minimum absolute atomic E-state index is 0. The average molecular weight is 262 g/mol. The van der Waals surface area contributed by atoms with Crippen LogP contribution < -0.4 is 5.73 Å². The van der Waals surface area contributed by atoms with E-state index in [-0.39, 0.29) is 12.4 Å². The Morgan fingerprint density at radius 1 is 1.62 bits per heavy atom. The van der Waals surface area contributed by atoms with Crippen molar-refractivity contribution in [1.82, 2.24) is 9.88 Å². The van der Waals surface area contributed by atoms with Gasteiger partial charge in [0, 0.05) is 42.7 Å². The van der Waals surface area contributed by atoms with E-state index < -0.39 is 0 Å². The molecule has 2 N–H and O–H groups in total. The lowest BCUT2D eigenvalue weighted by atomic mass is 10.2. The van der Waals surface area contributed by atoms with E-state index in [0.29, 0.717) is 12.0 Å². The molecule has 1 aromatic rings. The summed E-state index contributed by atoms with van der Waals surface area (Å²) in [6.45, 7) is 7.58. The molecule has 1 saturated heterocycles. The zero-order valence-electron chi connectivity index (χ0n) is 9.85. The van der Waals surface area contributed by atoms with Gasteiger partial charge in [0.05, 0.1) is 5.01 Å². The van der Waals surface area contributed by atoms with Crippen molar-refractivity contribution < 1.29 is 0 Å². The monoisotopic (exact) mass is 261 g/mol. The molecule has 1 atom stereocenters. The first-order chi connectivity index (χ1) is 7.15. The van der Waals surface area contributed by atoms with Gasteiger partial charge in [0.2, 0.25) is 0 Å². The highest BCUT2D eigenvalue weighted by molar-refractivity contribution is 7.11. The summed E-state index contributed by atoms with van der Waals surface area (Å²) in [5.41, 5.74) is 5.88. The quantitative estimate of drug-likeness (QED) is 0.907. The zero-order valence-corrected chi connectivity index (χ0v) is 11.5. The summed E-state index contributed by atoms with van der Waals surface area (Å²) >= 11 is 1.84. The summed E-state index contributed by atoms with van der Waals surface area (Å²) in [6, 6.07) is 0.377. The van der Waals surface area contributed by atoms with Crippen molar-refractivity contribution in [2.24, 2.45) is 5.73 Å². The van der Waals surface area contributed by atoms with Gasteiger partial charge in [-0.1, -0.05) is 13.8 Å². The second kappa shape index (κ2) is 5.96. The Morgan fingerprint density at radius 3 is 2.88 bits per heavy atom. The summed E-state index contributed by atoms with van der Waals surface area (Å²) in [5.74, 6) is 0.546. The van der Waals surface area contributed by atoms with Crippen molar-refractivity contribution in [2.75, 3.05) is 13.1 Å². The van der Waals surface area contributed by atoms with Gasteiger partial charge < -0.3 is 5.73 Å². The van der Waals surface area contributed by atoms with Gasteiger partial charge in [-0.25, -0.2) is 4.98 Å². The van der Waals surface area contributed by atoms with Crippen LogP contribution in [0.25, 0.3) is 0 Å². The van der Waals surface area contributed by atoms with E-state index in [0.717, 1.165) is 26.1 Å². The molecule has 0 amide bonds. The summed E-state index contributed by atoms with van der Waals surface area (Å²) < 4.78 is 0. The Balaban J connectivity index is 0.00000128. The first-order valence-corrected chi connectivity index (χ1v) is 6.39. The van der Waals surface area contributed by atoms with Crippen LogP contribution in [-0.4, -0.2) is 29.0 Å². The number of nitrogens with zero attached hydrogens (tertiary/aromatic N) is 2. The molecular formula is C11H20ClN3S. The predicted octanol–water partition coefficient (Wildman–Crippen LogP) is 2.22. The van der Waals surface area contributed by atoms with Crippen molar-refractivity contribution >= 4 is 23.7 Å². The molecule has 0 radical (unpaired) electrons. The lowest BCUT2D eigenvalue weighted by molar-refractivity contribution is 0.329. The van der Waals surface area contributed by atoms with Crippen LogP contribution in [-0.2, 0) is 6.54 Å². The standard InChI is InChI=1S/C11H19N3S.ClH/c1-8(2)11-13-5-10(15-11)7-14-4-3-9(12)6-14;/h5,8-9H,3-4,6-7,12H2,1-2H3;1H/t9-;/m1./s1. The van der Waals surface area contributed by atoms with Gasteiger partial charge in [-0.15, -0.1) is 23.7 Å². The summed E-state index contributed by atoms with van der Waals surface area (Å²) in [5, 5.41) is 1.24. The van der Waals surface area contributed by atoms with Crippen LogP contribution in [0, 0.1) is 0 Å². The Labute approximate surface area is 107 Å². The molecule has 0 unspecified atom stereocenters. The van der Waals surface area contributed by atoms with Crippen molar-refractivity contribution in [3.8, 4) is 0 Å². The smallest absolute Gasteiger partial charge is 0.0953 e. The van der Waals surface area contributed by atoms with Gasteiger partial charge in [-0.3, -0.25) is 4.90 Å². The number of halogens is 1. The minimum Gasteiger partial charge on any atom is -0.326 e. The van der Waals surface area contributed by atoms with E-state index in [4.69, 9.17) is 5.73 Å². The second-order valence-electron chi connectivity index (χ2n) is 4.60. The van der Waals surface area contributed by atoms with Crippen LogP contribution in [0.5, 0.6) is 0 Å². The molecule has 0 saturated carbocycles. The maximum atomic E-state index is 5.88. The van der Waals surface area contributed by atoms with Gasteiger partial charge in [-0.2, -0.15) is 0 Å². The first kappa shape index (κ1) is 13.9. The molecule has 2 rings (SSSR count).